The van der Waals surface area contributed by atoms with Crippen molar-refractivity contribution in [3.05, 3.63) is 17.6 Å². The monoisotopic (exact) mass is 288 g/mol. The van der Waals surface area contributed by atoms with Crippen molar-refractivity contribution in [3.8, 4) is 0 Å². The fourth-order valence-electron chi connectivity index (χ4n) is 3.73. The van der Waals surface area contributed by atoms with Gasteiger partial charge in [0.15, 0.2) is 0 Å². The Kier molecular flexibility index (Phi) is 5.07. The molecule has 0 saturated heterocycles. The molecule has 0 aromatic carbocycles. The van der Waals surface area contributed by atoms with Crippen molar-refractivity contribution in [2.45, 2.75) is 63.8 Å². The summed E-state index contributed by atoms with van der Waals surface area (Å²) >= 11 is 0. The third kappa shape index (κ3) is 3.73. The molecule has 1 heterocycles. The number of nitrogens with one attached hydrogen (secondary N) is 1. The predicted octanol–water partition coefficient (Wildman–Crippen LogP) is 3.03. The van der Waals surface area contributed by atoms with Crippen LogP contribution in [0.5, 0.6) is 0 Å². The Morgan fingerprint density at radius 3 is 2.76 bits per heavy atom. The van der Waals surface area contributed by atoms with E-state index in [0.29, 0.717) is 0 Å². The summed E-state index contributed by atoms with van der Waals surface area (Å²) in [6.07, 6.45) is 13.4. The number of rotatable bonds is 5. The van der Waals surface area contributed by atoms with Crippen LogP contribution in [-0.4, -0.2) is 41.0 Å². The fraction of sp³-hybridized carbons (Fsp3) is 0.765. The summed E-state index contributed by atoms with van der Waals surface area (Å²) in [5.74, 6) is 1.08. The Morgan fingerprint density at radius 2 is 1.90 bits per heavy atom. The summed E-state index contributed by atoms with van der Waals surface area (Å²) in [5, 5.41) is 3.56. The molecule has 0 amide bonds. The first-order chi connectivity index (χ1) is 10.3. The van der Waals surface area contributed by atoms with E-state index in [1.165, 1.54) is 56.2 Å². The lowest BCUT2D eigenvalue weighted by Crippen LogP contribution is -2.33. The molecular formula is C17H28N4. The van der Waals surface area contributed by atoms with Crippen LogP contribution in [0.15, 0.2) is 6.33 Å². The van der Waals surface area contributed by atoms with E-state index in [0.717, 1.165) is 37.8 Å². The molecule has 0 bridgehead atoms. The molecule has 0 radical (unpaired) electrons. The Bertz CT molecular complexity index is 454. The maximum atomic E-state index is 4.49. The minimum Gasteiger partial charge on any atom is -0.368 e. The second-order valence-corrected chi connectivity index (χ2v) is 6.55. The maximum absolute atomic E-state index is 4.49. The highest BCUT2D eigenvalue weighted by molar-refractivity contribution is 5.46. The Hall–Kier alpha value is -1.16. The van der Waals surface area contributed by atoms with Gasteiger partial charge in [-0.1, -0.05) is 19.3 Å². The van der Waals surface area contributed by atoms with E-state index in [-0.39, 0.29) is 0 Å². The smallest absolute Gasteiger partial charge is 0.132 e. The molecule has 0 unspecified atom stereocenters. The molecule has 1 N–H and O–H groups in total. The molecule has 0 spiro atoms. The van der Waals surface area contributed by atoms with E-state index in [1.807, 2.05) is 0 Å². The van der Waals surface area contributed by atoms with Crippen LogP contribution in [0.4, 0.5) is 5.82 Å². The Morgan fingerprint density at radius 1 is 1.10 bits per heavy atom. The zero-order chi connectivity index (χ0) is 14.5. The van der Waals surface area contributed by atoms with Crippen LogP contribution in [0.2, 0.25) is 0 Å². The van der Waals surface area contributed by atoms with Crippen LogP contribution in [0.1, 0.15) is 56.2 Å². The van der Waals surface area contributed by atoms with E-state index in [4.69, 9.17) is 0 Å². The Balaban J connectivity index is 1.55. The number of aromatic nitrogens is 2. The first-order valence-corrected chi connectivity index (χ1v) is 8.61. The number of hydrogen-bond acceptors (Lipinski definition) is 4. The van der Waals surface area contributed by atoms with E-state index >= 15 is 0 Å². The van der Waals surface area contributed by atoms with Crippen molar-refractivity contribution >= 4 is 5.82 Å². The third-order valence-corrected chi connectivity index (χ3v) is 5.08. The first-order valence-electron chi connectivity index (χ1n) is 8.61. The maximum Gasteiger partial charge on any atom is 0.132 e. The fourth-order valence-corrected chi connectivity index (χ4v) is 3.73. The van der Waals surface area contributed by atoms with Crippen molar-refractivity contribution in [2.24, 2.45) is 0 Å². The molecule has 2 aliphatic carbocycles. The molecule has 1 aromatic rings. The molecule has 1 fully saturated rings. The minimum atomic E-state index is 0.800. The third-order valence-electron chi connectivity index (χ3n) is 5.08. The summed E-state index contributed by atoms with van der Waals surface area (Å²) in [7, 11) is 2.26. The van der Waals surface area contributed by atoms with Gasteiger partial charge in [-0.05, 0) is 45.6 Å². The SMILES string of the molecule is CN(CCNc1ncnc2c1CCCCC2)C1CCCC1. The van der Waals surface area contributed by atoms with Gasteiger partial charge in [-0.15, -0.1) is 0 Å². The highest BCUT2D eigenvalue weighted by Gasteiger charge is 2.19. The van der Waals surface area contributed by atoms with E-state index in [1.54, 1.807) is 6.33 Å². The first kappa shape index (κ1) is 14.8. The standard InChI is InChI=1S/C17H28N4/c1-21(14-7-5-6-8-14)12-11-18-17-15-9-3-2-4-10-16(15)19-13-20-17/h13-14H,2-12H2,1H3,(H,18,19,20). The molecule has 3 rings (SSSR count). The van der Waals surface area contributed by atoms with Gasteiger partial charge in [0, 0.05) is 30.4 Å². The number of fused-ring (bicyclic) bond motifs is 1. The molecule has 1 saturated carbocycles. The van der Waals surface area contributed by atoms with E-state index in [9.17, 15) is 0 Å². The lowest BCUT2D eigenvalue weighted by molar-refractivity contribution is 0.254. The number of anilines is 1. The molecule has 2 aliphatic rings. The van der Waals surface area contributed by atoms with Crippen LogP contribution in [-0.2, 0) is 12.8 Å². The lowest BCUT2D eigenvalue weighted by atomic mass is 10.1. The quantitative estimate of drug-likeness (QED) is 0.846. The van der Waals surface area contributed by atoms with Crippen LogP contribution < -0.4 is 5.32 Å². The predicted molar refractivity (Wildman–Crippen MR) is 86.7 cm³/mol. The molecule has 116 valence electrons. The second-order valence-electron chi connectivity index (χ2n) is 6.55. The highest BCUT2D eigenvalue weighted by atomic mass is 15.2. The van der Waals surface area contributed by atoms with Crippen LogP contribution in [0.3, 0.4) is 0 Å². The highest BCUT2D eigenvalue weighted by Crippen LogP contribution is 2.24. The normalized spacial score (nSPS) is 19.5. The molecule has 0 atom stereocenters. The van der Waals surface area contributed by atoms with Crippen molar-refractivity contribution in [1.82, 2.24) is 14.9 Å². The topological polar surface area (TPSA) is 41.0 Å². The summed E-state index contributed by atoms with van der Waals surface area (Å²) in [6.45, 7) is 2.08. The minimum absolute atomic E-state index is 0.800. The van der Waals surface area contributed by atoms with Crippen molar-refractivity contribution in [3.63, 3.8) is 0 Å². The molecule has 4 nitrogen and oxygen atoms in total. The van der Waals surface area contributed by atoms with Gasteiger partial charge >= 0.3 is 0 Å². The van der Waals surface area contributed by atoms with E-state index < -0.39 is 0 Å². The van der Waals surface area contributed by atoms with Crippen LogP contribution in [0.25, 0.3) is 0 Å². The lowest BCUT2D eigenvalue weighted by Gasteiger charge is -2.24. The summed E-state index contributed by atoms with van der Waals surface area (Å²) in [5.41, 5.74) is 2.65. The molecule has 0 aliphatic heterocycles. The number of hydrogen-bond donors (Lipinski definition) is 1. The molecular weight excluding hydrogens is 260 g/mol. The van der Waals surface area contributed by atoms with Crippen molar-refractivity contribution < 1.29 is 0 Å². The van der Waals surface area contributed by atoms with Gasteiger partial charge in [0.2, 0.25) is 0 Å². The molecule has 21 heavy (non-hydrogen) atoms. The molecule has 1 aromatic heterocycles. The van der Waals surface area contributed by atoms with Crippen molar-refractivity contribution in [1.29, 1.82) is 0 Å². The van der Waals surface area contributed by atoms with Crippen LogP contribution >= 0.6 is 0 Å². The Labute approximate surface area is 128 Å². The van der Waals surface area contributed by atoms with Gasteiger partial charge in [0.25, 0.3) is 0 Å². The van der Waals surface area contributed by atoms with Crippen LogP contribution in [0, 0.1) is 0 Å². The number of likely N-dealkylation sites (N-methyl/N-ethyl adjacent to an activating group) is 1. The summed E-state index contributed by atoms with van der Waals surface area (Å²) in [6, 6.07) is 0.800. The van der Waals surface area contributed by atoms with Gasteiger partial charge in [0.1, 0.15) is 12.1 Å². The zero-order valence-electron chi connectivity index (χ0n) is 13.3. The zero-order valence-corrected chi connectivity index (χ0v) is 13.3. The largest absolute Gasteiger partial charge is 0.368 e. The van der Waals surface area contributed by atoms with Gasteiger partial charge in [-0.3, -0.25) is 0 Å². The van der Waals surface area contributed by atoms with Gasteiger partial charge < -0.3 is 10.2 Å². The summed E-state index contributed by atoms with van der Waals surface area (Å²) < 4.78 is 0. The van der Waals surface area contributed by atoms with E-state index in [2.05, 4.69) is 27.2 Å². The van der Waals surface area contributed by atoms with Gasteiger partial charge in [0.05, 0.1) is 0 Å². The van der Waals surface area contributed by atoms with Gasteiger partial charge in [-0.25, -0.2) is 9.97 Å². The summed E-state index contributed by atoms with van der Waals surface area (Å²) in [4.78, 5) is 11.5. The average Bonchev–Trinajstić information content (AvgIpc) is 2.93. The number of nitrogens with zero attached hydrogens (tertiary/aromatic N) is 3. The number of aryl methyl sites for hydroxylation is 1. The average molecular weight is 288 g/mol. The molecule has 4 heteroatoms. The second kappa shape index (κ2) is 7.21. The van der Waals surface area contributed by atoms with Gasteiger partial charge in [-0.2, -0.15) is 0 Å². The van der Waals surface area contributed by atoms with Crippen molar-refractivity contribution in [2.75, 3.05) is 25.5 Å².